The molecule has 146 valence electrons. The monoisotopic (exact) mass is 394 g/mol. The highest BCUT2D eigenvalue weighted by molar-refractivity contribution is 7.89. The van der Waals surface area contributed by atoms with E-state index in [0.717, 1.165) is 35.9 Å². The average Bonchev–Trinajstić information content (AvgIpc) is 2.94. The third-order valence-electron chi connectivity index (χ3n) is 5.88. The molecule has 1 aromatic carbocycles. The maximum atomic E-state index is 13.7. The second-order valence-electron chi connectivity index (χ2n) is 7.67. The van der Waals surface area contributed by atoms with Crippen LogP contribution in [0.2, 0.25) is 0 Å². The molecule has 4 rings (SSSR count). The van der Waals surface area contributed by atoms with Crippen LogP contribution in [0.1, 0.15) is 42.5 Å². The fraction of sp³-hybridized carbons (Fsp3) is 0.526. The Labute approximate surface area is 157 Å². The molecule has 2 aromatic rings. The second kappa shape index (κ2) is 6.60. The molecule has 2 aliphatic heterocycles. The molecule has 0 spiro atoms. The minimum Gasteiger partial charge on any atom is -0.459 e. The Morgan fingerprint density at radius 3 is 2.52 bits per heavy atom. The highest BCUT2D eigenvalue weighted by atomic mass is 32.2. The summed E-state index contributed by atoms with van der Waals surface area (Å²) in [6.45, 7) is 0. The van der Waals surface area contributed by atoms with Crippen molar-refractivity contribution in [2.24, 2.45) is 0 Å². The van der Waals surface area contributed by atoms with Gasteiger partial charge in [-0.15, -0.1) is 0 Å². The quantitative estimate of drug-likeness (QED) is 0.749. The minimum atomic E-state index is -3.63. The van der Waals surface area contributed by atoms with Gasteiger partial charge in [-0.05, 0) is 38.1 Å². The first-order chi connectivity index (χ1) is 12.7. The third kappa shape index (κ3) is 3.36. The summed E-state index contributed by atoms with van der Waals surface area (Å²) in [4.78, 5) is 15.2. The van der Waals surface area contributed by atoms with E-state index < -0.39 is 21.8 Å². The Morgan fingerprint density at radius 1 is 1.22 bits per heavy atom. The Bertz CT molecular complexity index is 987. The Morgan fingerprint density at radius 2 is 1.89 bits per heavy atom. The zero-order valence-electron chi connectivity index (χ0n) is 15.4. The van der Waals surface area contributed by atoms with Crippen molar-refractivity contribution in [1.82, 2.24) is 8.87 Å². The Balaban J connectivity index is 1.64. The SMILES string of the molecule is CN1[C@@H]2CCC[C@H]1CC(OC(=O)c1cn(S(C)(=O)=O)c3ccc(F)cc13)C2. The van der Waals surface area contributed by atoms with Crippen LogP contribution < -0.4 is 0 Å². The fourth-order valence-electron chi connectivity index (χ4n) is 4.49. The molecule has 8 heteroatoms. The number of piperidine rings is 2. The van der Waals surface area contributed by atoms with Gasteiger partial charge in [0.1, 0.15) is 11.9 Å². The van der Waals surface area contributed by atoms with Crippen molar-refractivity contribution in [2.45, 2.75) is 50.3 Å². The number of hydrogen-bond donors (Lipinski definition) is 0. The van der Waals surface area contributed by atoms with Crippen LogP contribution in [0.25, 0.3) is 10.9 Å². The van der Waals surface area contributed by atoms with Crippen LogP contribution in [0.5, 0.6) is 0 Å². The summed E-state index contributed by atoms with van der Waals surface area (Å²) in [5, 5.41) is 0.249. The standard InChI is InChI=1S/C19H23FN2O4S/c1-21-13-4-3-5-14(21)10-15(9-13)26-19(23)17-11-22(27(2,24)25)18-7-6-12(20)8-16(17)18/h6-8,11,13-15H,3-5,9-10H2,1-2H3/t13-,14+,15?. The topological polar surface area (TPSA) is 68.6 Å². The maximum absolute atomic E-state index is 13.7. The van der Waals surface area contributed by atoms with Crippen LogP contribution in [0.3, 0.4) is 0 Å². The van der Waals surface area contributed by atoms with Gasteiger partial charge in [-0.25, -0.2) is 21.6 Å². The number of hydrogen-bond acceptors (Lipinski definition) is 5. The number of halogens is 1. The molecular weight excluding hydrogens is 371 g/mol. The maximum Gasteiger partial charge on any atom is 0.340 e. The van der Waals surface area contributed by atoms with Gasteiger partial charge in [0.2, 0.25) is 10.0 Å². The summed E-state index contributed by atoms with van der Waals surface area (Å²) in [5.41, 5.74) is 0.352. The first kappa shape index (κ1) is 18.4. The predicted molar refractivity (Wildman–Crippen MR) is 99.8 cm³/mol. The lowest BCUT2D eigenvalue weighted by molar-refractivity contribution is -0.0317. The van der Waals surface area contributed by atoms with Crippen molar-refractivity contribution < 1.29 is 22.3 Å². The van der Waals surface area contributed by atoms with Gasteiger partial charge in [-0.3, -0.25) is 0 Å². The van der Waals surface area contributed by atoms with Crippen molar-refractivity contribution in [1.29, 1.82) is 0 Å². The van der Waals surface area contributed by atoms with Gasteiger partial charge in [-0.2, -0.15) is 0 Å². The molecule has 0 aliphatic carbocycles. The zero-order valence-corrected chi connectivity index (χ0v) is 16.2. The lowest BCUT2D eigenvalue weighted by Gasteiger charge is -2.46. The molecule has 2 fully saturated rings. The lowest BCUT2D eigenvalue weighted by atomic mass is 9.83. The van der Waals surface area contributed by atoms with Gasteiger partial charge in [0.25, 0.3) is 0 Å². The average molecular weight is 394 g/mol. The van der Waals surface area contributed by atoms with E-state index in [2.05, 4.69) is 11.9 Å². The van der Waals surface area contributed by atoms with Gasteiger partial charge in [0.05, 0.1) is 17.3 Å². The molecular formula is C19H23FN2O4S. The molecule has 0 N–H and O–H groups in total. The number of esters is 1. The molecule has 6 nitrogen and oxygen atoms in total. The van der Waals surface area contributed by atoms with Crippen molar-refractivity contribution in [3.05, 3.63) is 35.8 Å². The van der Waals surface area contributed by atoms with Gasteiger partial charge in [0.15, 0.2) is 0 Å². The van der Waals surface area contributed by atoms with E-state index >= 15 is 0 Å². The molecule has 2 saturated heterocycles. The fourth-order valence-corrected chi connectivity index (χ4v) is 5.30. The number of fused-ring (bicyclic) bond motifs is 3. The molecule has 27 heavy (non-hydrogen) atoms. The number of rotatable bonds is 3. The summed E-state index contributed by atoms with van der Waals surface area (Å²) in [5.74, 6) is -1.13. The third-order valence-corrected chi connectivity index (χ3v) is 6.90. The van der Waals surface area contributed by atoms with Crippen LogP contribution in [0.4, 0.5) is 4.39 Å². The molecule has 1 aromatic heterocycles. The normalized spacial score (nSPS) is 26.3. The Kier molecular flexibility index (Phi) is 4.50. The number of ether oxygens (including phenoxy) is 1. The van der Waals surface area contributed by atoms with Crippen LogP contribution in [-0.4, -0.2) is 54.8 Å². The number of carbonyl (C=O) groups is 1. The minimum absolute atomic E-state index is 0.0824. The predicted octanol–water partition coefficient (Wildman–Crippen LogP) is 2.76. The first-order valence-electron chi connectivity index (χ1n) is 9.18. The molecule has 0 amide bonds. The molecule has 0 saturated carbocycles. The summed E-state index contributed by atoms with van der Waals surface area (Å²) in [6, 6.07) is 4.53. The summed E-state index contributed by atoms with van der Waals surface area (Å²) >= 11 is 0. The van der Waals surface area contributed by atoms with Crippen LogP contribution in [0, 0.1) is 5.82 Å². The summed E-state index contributed by atoms with van der Waals surface area (Å²) in [7, 11) is -1.51. The van der Waals surface area contributed by atoms with Crippen molar-refractivity contribution in [2.75, 3.05) is 13.3 Å². The van der Waals surface area contributed by atoms with Gasteiger partial charge in [-0.1, -0.05) is 6.42 Å². The van der Waals surface area contributed by atoms with Crippen LogP contribution in [0.15, 0.2) is 24.4 Å². The van der Waals surface area contributed by atoms with E-state index in [1.165, 1.54) is 30.8 Å². The molecule has 3 atom stereocenters. The van der Waals surface area contributed by atoms with E-state index in [4.69, 9.17) is 4.74 Å². The molecule has 3 heterocycles. The number of aromatic nitrogens is 1. The lowest BCUT2D eigenvalue weighted by Crippen LogP contribution is -2.52. The van der Waals surface area contributed by atoms with E-state index in [1.807, 2.05) is 0 Å². The number of nitrogens with zero attached hydrogens (tertiary/aromatic N) is 2. The Hall–Kier alpha value is -1.93. The smallest absolute Gasteiger partial charge is 0.340 e. The van der Waals surface area contributed by atoms with Gasteiger partial charge < -0.3 is 9.64 Å². The summed E-state index contributed by atoms with van der Waals surface area (Å²) in [6.07, 6.45) is 7.02. The number of carbonyl (C=O) groups excluding carboxylic acids is 1. The van der Waals surface area contributed by atoms with Gasteiger partial charge >= 0.3 is 5.97 Å². The molecule has 2 bridgehead atoms. The van der Waals surface area contributed by atoms with E-state index in [0.29, 0.717) is 12.1 Å². The molecule has 2 aliphatic rings. The van der Waals surface area contributed by atoms with E-state index in [9.17, 15) is 17.6 Å². The second-order valence-corrected chi connectivity index (χ2v) is 9.53. The zero-order chi connectivity index (χ0) is 19.3. The molecule has 0 radical (unpaired) electrons. The van der Waals surface area contributed by atoms with E-state index in [-0.39, 0.29) is 22.6 Å². The van der Waals surface area contributed by atoms with Crippen molar-refractivity contribution in [3.8, 4) is 0 Å². The van der Waals surface area contributed by atoms with Crippen LogP contribution >= 0.6 is 0 Å². The highest BCUT2D eigenvalue weighted by Crippen LogP contribution is 2.34. The van der Waals surface area contributed by atoms with E-state index in [1.54, 1.807) is 0 Å². The van der Waals surface area contributed by atoms with Gasteiger partial charge in [0, 0.05) is 36.5 Å². The number of benzene rings is 1. The molecule has 1 unspecified atom stereocenters. The largest absolute Gasteiger partial charge is 0.459 e. The highest BCUT2D eigenvalue weighted by Gasteiger charge is 2.38. The summed E-state index contributed by atoms with van der Waals surface area (Å²) < 4.78 is 44.5. The first-order valence-corrected chi connectivity index (χ1v) is 11.0. The van der Waals surface area contributed by atoms with Crippen LogP contribution in [-0.2, 0) is 14.8 Å². The van der Waals surface area contributed by atoms with Crippen molar-refractivity contribution in [3.63, 3.8) is 0 Å². The van der Waals surface area contributed by atoms with Crippen molar-refractivity contribution >= 4 is 26.9 Å².